The van der Waals surface area contributed by atoms with Gasteiger partial charge in [0.05, 0.1) is 5.60 Å². The summed E-state index contributed by atoms with van der Waals surface area (Å²) in [5, 5.41) is 0. The fraction of sp³-hybridized carbons (Fsp3) is 1.00. The predicted molar refractivity (Wildman–Crippen MR) is 31.4 cm³/mol. The van der Waals surface area contributed by atoms with Crippen LogP contribution in [-0.4, -0.2) is 9.81 Å². The summed E-state index contributed by atoms with van der Waals surface area (Å²) >= 11 is 0.0813. The first-order chi connectivity index (χ1) is 3.56. The minimum Gasteiger partial charge on any atom is -0.234 e. The van der Waals surface area contributed by atoms with Gasteiger partial charge in [-0.05, 0) is 25.3 Å². The van der Waals surface area contributed by atoms with E-state index in [4.69, 9.17) is 0 Å². The molecule has 0 fully saturated rings. The van der Waals surface area contributed by atoms with Gasteiger partial charge in [-0.1, -0.05) is 0 Å². The highest BCUT2D eigenvalue weighted by Crippen LogP contribution is 2.05. The summed E-state index contributed by atoms with van der Waals surface area (Å²) in [4.78, 5) is 4.65. The zero-order valence-electron chi connectivity index (χ0n) is 5.17. The summed E-state index contributed by atoms with van der Waals surface area (Å²) in [7, 11) is 0. The molecule has 0 saturated heterocycles. The van der Waals surface area contributed by atoms with Crippen molar-refractivity contribution in [3.63, 3.8) is 0 Å². The highest BCUT2D eigenvalue weighted by molar-refractivity contribution is 7.54. The second-order valence-corrected chi connectivity index (χ2v) is 2.65. The van der Waals surface area contributed by atoms with Gasteiger partial charge in [-0.15, -0.1) is 0 Å². The molecule has 0 radical (unpaired) electrons. The van der Waals surface area contributed by atoms with Crippen molar-refractivity contribution in [1.29, 1.82) is 0 Å². The van der Waals surface area contributed by atoms with E-state index in [-0.39, 0.29) is 17.1 Å². The lowest BCUT2D eigenvalue weighted by atomic mass is 10.2. The zero-order chi connectivity index (χ0) is 6.62. The first-order valence-corrected chi connectivity index (χ1v) is 2.93. The molecule has 4 heteroatoms. The number of hydrogen-bond donors (Lipinski definition) is 0. The first kappa shape index (κ1) is 7.78. The van der Waals surface area contributed by atoms with Crippen molar-refractivity contribution in [3.8, 4) is 0 Å². The van der Waals surface area contributed by atoms with E-state index in [1.54, 1.807) is 0 Å². The second kappa shape index (κ2) is 2.94. The molecule has 0 heterocycles. The Morgan fingerprint density at radius 3 is 2.12 bits per heavy atom. The topological polar surface area (TPSA) is 38.7 Å². The van der Waals surface area contributed by atoms with Crippen molar-refractivity contribution >= 4 is 11.5 Å². The van der Waals surface area contributed by atoms with E-state index in [9.17, 15) is 4.21 Å². The van der Waals surface area contributed by atoms with E-state index >= 15 is 0 Å². The molecular weight excluding hydrogens is 126 g/mol. The summed E-state index contributed by atoms with van der Waals surface area (Å²) in [6.45, 7) is 5.48. The van der Waals surface area contributed by atoms with Gasteiger partial charge in [0, 0.05) is 0 Å². The molecular formula is C4H9NO2S. The average Bonchev–Trinajstić information content (AvgIpc) is 1.59. The highest BCUT2D eigenvalue weighted by atomic mass is 32.1. The van der Waals surface area contributed by atoms with E-state index in [0.717, 1.165) is 0 Å². The molecule has 0 spiro atoms. The molecule has 0 aromatic heterocycles. The lowest BCUT2D eigenvalue weighted by Crippen LogP contribution is -2.14. The Balaban J connectivity index is 3.55. The van der Waals surface area contributed by atoms with Crippen LogP contribution in [0.1, 0.15) is 20.8 Å². The molecule has 0 aromatic carbocycles. The van der Waals surface area contributed by atoms with Gasteiger partial charge in [-0.3, -0.25) is 0 Å². The van der Waals surface area contributed by atoms with Gasteiger partial charge in [0.2, 0.25) is 11.5 Å². The number of hydrogen-bond acceptors (Lipinski definition) is 3. The van der Waals surface area contributed by atoms with E-state index in [1.165, 1.54) is 0 Å². The predicted octanol–water partition coefficient (Wildman–Crippen LogP) is 1.11. The summed E-state index contributed by atoms with van der Waals surface area (Å²) in [5.74, 6) is 0. The largest absolute Gasteiger partial charge is 0.234 e. The van der Waals surface area contributed by atoms with Gasteiger partial charge < -0.3 is 0 Å². The third-order valence-electron chi connectivity index (χ3n) is 0.342. The maximum atomic E-state index is 9.60. The Labute approximate surface area is 52.2 Å². The fourth-order valence-corrected chi connectivity index (χ4v) is 0.381. The van der Waals surface area contributed by atoms with Crippen LogP contribution in [0.25, 0.3) is 0 Å². The molecule has 0 aromatic rings. The Hall–Kier alpha value is -0.220. The summed E-state index contributed by atoms with van der Waals surface area (Å²) in [6, 6.07) is 0. The lowest BCUT2D eigenvalue weighted by molar-refractivity contribution is 0.00522. The molecule has 0 bridgehead atoms. The van der Waals surface area contributed by atoms with Crippen molar-refractivity contribution < 1.29 is 9.05 Å². The quantitative estimate of drug-likeness (QED) is 0.505. The van der Waals surface area contributed by atoms with Crippen molar-refractivity contribution in [2.24, 2.45) is 4.53 Å². The molecule has 0 atom stereocenters. The van der Waals surface area contributed by atoms with Crippen LogP contribution in [0.5, 0.6) is 0 Å². The molecule has 0 aliphatic rings. The van der Waals surface area contributed by atoms with Crippen LogP contribution in [0.15, 0.2) is 4.53 Å². The molecule has 0 amide bonds. The number of rotatable bonds is 1. The number of nitrogens with zero attached hydrogens (tertiary/aromatic N) is 1. The van der Waals surface area contributed by atoms with Crippen LogP contribution in [-0.2, 0) is 16.3 Å². The van der Waals surface area contributed by atoms with Crippen LogP contribution >= 0.6 is 0 Å². The van der Waals surface area contributed by atoms with Gasteiger partial charge in [-0.25, -0.2) is 4.84 Å². The van der Waals surface area contributed by atoms with Gasteiger partial charge in [-0.2, -0.15) is 4.21 Å². The van der Waals surface area contributed by atoms with Crippen LogP contribution in [0.2, 0.25) is 0 Å². The zero-order valence-corrected chi connectivity index (χ0v) is 5.99. The molecule has 0 aliphatic heterocycles. The normalized spacial score (nSPS) is 10.9. The van der Waals surface area contributed by atoms with Gasteiger partial charge >= 0.3 is 0 Å². The Morgan fingerprint density at radius 2 is 2.00 bits per heavy atom. The second-order valence-electron chi connectivity index (χ2n) is 2.35. The Kier molecular flexibility index (Phi) is 2.86. The van der Waals surface area contributed by atoms with Gasteiger partial charge in [0.1, 0.15) is 0 Å². The molecule has 3 nitrogen and oxygen atoms in total. The maximum absolute atomic E-state index is 9.60. The van der Waals surface area contributed by atoms with Crippen molar-refractivity contribution in [1.82, 2.24) is 0 Å². The SMILES string of the molecule is CC(C)(C)ON=S=O. The lowest BCUT2D eigenvalue weighted by Gasteiger charge is -2.11. The standard InChI is InChI=1S/C4H9NO2S/c1-4(2,3)7-5-8-6/h1-3H3. The molecule has 0 unspecified atom stereocenters. The minimum absolute atomic E-state index is 0.0813. The Morgan fingerprint density at radius 1 is 1.50 bits per heavy atom. The molecule has 0 aliphatic carbocycles. The highest BCUT2D eigenvalue weighted by Gasteiger charge is 2.08. The van der Waals surface area contributed by atoms with E-state index < -0.39 is 0 Å². The van der Waals surface area contributed by atoms with Crippen LogP contribution in [0.4, 0.5) is 0 Å². The Bertz CT molecular complexity index is 112. The third-order valence-corrected chi connectivity index (χ3v) is 0.477. The van der Waals surface area contributed by atoms with E-state index in [2.05, 4.69) is 9.36 Å². The van der Waals surface area contributed by atoms with Crippen LogP contribution in [0, 0.1) is 0 Å². The fourth-order valence-electron chi connectivity index (χ4n) is 0.127. The molecule has 0 rings (SSSR count). The monoisotopic (exact) mass is 135 g/mol. The maximum Gasteiger partial charge on any atom is 0.229 e. The first-order valence-electron chi connectivity index (χ1n) is 2.24. The summed E-state index contributed by atoms with van der Waals surface area (Å²) in [6.07, 6.45) is 0. The van der Waals surface area contributed by atoms with Crippen LogP contribution < -0.4 is 0 Å². The third kappa shape index (κ3) is 5.78. The molecule has 8 heavy (non-hydrogen) atoms. The average molecular weight is 135 g/mol. The molecule has 0 N–H and O–H groups in total. The van der Waals surface area contributed by atoms with E-state index in [0.29, 0.717) is 0 Å². The molecule has 48 valence electrons. The summed E-state index contributed by atoms with van der Waals surface area (Å²) < 4.78 is 12.7. The smallest absolute Gasteiger partial charge is 0.229 e. The van der Waals surface area contributed by atoms with Crippen molar-refractivity contribution in [2.75, 3.05) is 0 Å². The minimum atomic E-state index is -0.336. The summed E-state index contributed by atoms with van der Waals surface area (Å²) in [5.41, 5.74) is -0.336. The van der Waals surface area contributed by atoms with E-state index in [1.807, 2.05) is 20.8 Å². The van der Waals surface area contributed by atoms with Crippen molar-refractivity contribution in [3.05, 3.63) is 0 Å². The van der Waals surface area contributed by atoms with Crippen molar-refractivity contribution in [2.45, 2.75) is 26.4 Å². The molecule has 0 saturated carbocycles. The van der Waals surface area contributed by atoms with Crippen LogP contribution in [0.3, 0.4) is 0 Å². The van der Waals surface area contributed by atoms with Gasteiger partial charge in [0.25, 0.3) is 0 Å². The van der Waals surface area contributed by atoms with Gasteiger partial charge in [0.15, 0.2) is 0 Å².